The molecule has 2 unspecified atom stereocenters. The van der Waals surface area contributed by atoms with Gasteiger partial charge in [-0.2, -0.15) is 5.10 Å². The van der Waals surface area contributed by atoms with E-state index in [0.29, 0.717) is 12.0 Å². The van der Waals surface area contributed by atoms with E-state index in [2.05, 4.69) is 45.7 Å². The molecular formula is C15H14N4. The Morgan fingerprint density at radius 1 is 1.11 bits per heavy atom. The molecule has 0 bridgehead atoms. The Kier molecular flexibility index (Phi) is 2.27. The monoisotopic (exact) mass is 250 g/mol. The highest BCUT2D eigenvalue weighted by atomic mass is 15.2. The fourth-order valence-corrected chi connectivity index (χ4v) is 2.51. The summed E-state index contributed by atoms with van der Waals surface area (Å²) in [6.45, 7) is 0. The van der Waals surface area contributed by atoms with Gasteiger partial charge in [0.15, 0.2) is 5.65 Å². The van der Waals surface area contributed by atoms with Gasteiger partial charge in [-0.1, -0.05) is 30.3 Å². The number of hydrogen-bond acceptors (Lipinski definition) is 3. The normalized spacial score (nSPS) is 21.5. The second-order valence-electron chi connectivity index (χ2n) is 4.95. The molecule has 4 rings (SSSR count). The first-order chi connectivity index (χ1) is 9.40. The van der Waals surface area contributed by atoms with Crippen LogP contribution in [-0.4, -0.2) is 20.6 Å². The number of aromatic nitrogens is 3. The number of nitrogens with zero attached hydrogens (tertiary/aromatic N) is 3. The molecule has 0 aliphatic heterocycles. The SMILES string of the molecule is c1ccc(C2CC2Nc2ccn3nccc3n2)cc1. The maximum atomic E-state index is 4.53. The third-order valence-electron chi connectivity index (χ3n) is 3.61. The number of nitrogens with one attached hydrogen (secondary N) is 1. The van der Waals surface area contributed by atoms with Gasteiger partial charge in [0, 0.05) is 24.2 Å². The number of hydrogen-bond donors (Lipinski definition) is 1. The standard InChI is InChI=1S/C15H14N4/c1-2-4-11(5-3-1)12-10-13(12)17-14-7-9-19-15(18-14)6-8-16-19/h1-9,12-13H,10H2,(H,17,18). The Morgan fingerprint density at radius 2 is 2.00 bits per heavy atom. The molecule has 2 heterocycles. The molecule has 4 nitrogen and oxygen atoms in total. The average molecular weight is 250 g/mol. The minimum atomic E-state index is 0.500. The molecule has 0 saturated heterocycles. The molecule has 94 valence electrons. The highest BCUT2D eigenvalue weighted by Gasteiger charge is 2.38. The third-order valence-corrected chi connectivity index (χ3v) is 3.61. The predicted molar refractivity (Wildman–Crippen MR) is 74.2 cm³/mol. The highest BCUT2D eigenvalue weighted by Crippen LogP contribution is 2.42. The Bertz CT molecular complexity index is 704. The van der Waals surface area contributed by atoms with Crippen molar-refractivity contribution in [1.29, 1.82) is 0 Å². The Balaban J connectivity index is 1.51. The Morgan fingerprint density at radius 3 is 2.89 bits per heavy atom. The fraction of sp³-hybridized carbons (Fsp3) is 0.200. The quantitative estimate of drug-likeness (QED) is 0.777. The minimum absolute atomic E-state index is 0.500. The number of fused-ring (bicyclic) bond motifs is 1. The van der Waals surface area contributed by atoms with Crippen LogP contribution in [0.4, 0.5) is 5.82 Å². The van der Waals surface area contributed by atoms with Crippen molar-refractivity contribution in [3.63, 3.8) is 0 Å². The lowest BCUT2D eigenvalue weighted by Gasteiger charge is -2.05. The van der Waals surface area contributed by atoms with Crippen LogP contribution in [0.1, 0.15) is 17.9 Å². The van der Waals surface area contributed by atoms with Crippen LogP contribution in [0, 0.1) is 0 Å². The van der Waals surface area contributed by atoms with Crippen molar-refractivity contribution in [3.8, 4) is 0 Å². The van der Waals surface area contributed by atoms with Gasteiger partial charge in [0.25, 0.3) is 0 Å². The van der Waals surface area contributed by atoms with E-state index < -0.39 is 0 Å². The van der Waals surface area contributed by atoms with Crippen molar-refractivity contribution in [2.75, 3.05) is 5.32 Å². The predicted octanol–water partition coefficient (Wildman–Crippen LogP) is 2.70. The second kappa shape index (κ2) is 4.09. The van der Waals surface area contributed by atoms with E-state index in [4.69, 9.17) is 0 Å². The molecule has 1 aromatic carbocycles. The van der Waals surface area contributed by atoms with E-state index >= 15 is 0 Å². The molecule has 0 radical (unpaired) electrons. The zero-order valence-corrected chi connectivity index (χ0v) is 10.4. The molecule has 4 heteroatoms. The summed E-state index contributed by atoms with van der Waals surface area (Å²) in [5.74, 6) is 1.54. The van der Waals surface area contributed by atoms with Crippen LogP contribution in [0.15, 0.2) is 54.9 Å². The lowest BCUT2D eigenvalue weighted by Crippen LogP contribution is -2.06. The Labute approximate surface area is 111 Å². The van der Waals surface area contributed by atoms with Gasteiger partial charge in [-0.05, 0) is 18.1 Å². The first-order valence-corrected chi connectivity index (χ1v) is 6.52. The van der Waals surface area contributed by atoms with Gasteiger partial charge in [0.05, 0.1) is 6.20 Å². The summed E-state index contributed by atoms with van der Waals surface area (Å²) in [5, 5.41) is 7.64. The van der Waals surface area contributed by atoms with Crippen molar-refractivity contribution < 1.29 is 0 Å². The first-order valence-electron chi connectivity index (χ1n) is 6.52. The highest BCUT2D eigenvalue weighted by molar-refractivity contribution is 5.48. The van der Waals surface area contributed by atoms with Gasteiger partial charge >= 0.3 is 0 Å². The lowest BCUT2D eigenvalue weighted by atomic mass is 10.1. The van der Waals surface area contributed by atoms with Crippen molar-refractivity contribution in [2.45, 2.75) is 18.4 Å². The average Bonchev–Trinajstić information content (AvgIpc) is 3.06. The van der Waals surface area contributed by atoms with E-state index in [-0.39, 0.29) is 0 Å². The van der Waals surface area contributed by atoms with Gasteiger partial charge in [0.2, 0.25) is 0 Å². The first kappa shape index (κ1) is 10.6. The zero-order valence-electron chi connectivity index (χ0n) is 10.4. The van der Waals surface area contributed by atoms with E-state index in [1.807, 2.05) is 18.3 Å². The summed E-state index contributed by atoms with van der Waals surface area (Å²) in [7, 11) is 0. The van der Waals surface area contributed by atoms with E-state index in [0.717, 1.165) is 11.5 Å². The molecule has 1 aliphatic carbocycles. The molecule has 0 spiro atoms. The lowest BCUT2D eigenvalue weighted by molar-refractivity contribution is 0.933. The van der Waals surface area contributed by atoms with E-state index in [1.165, 1.54) is 12.0 Å². The summed E-state index contributed by atoms with van der Waals surface area (Å²) in [4.78, 5) is 4.53. The maximum absolute atomic E-state index is 4.53. The number of benzene rings is 1. The smallest absolute Gasteiger partial charge is 0.157 e. The van der Waals surface area contributed by atoms with Gasteiger partial charge in [-0.3, -0.25) is 0 Å². The molecule has 19 heavy (non-hydrogen) atoms. The van der Waals surface area contributed by atoms with Gasteiger partial charge in [-0.15, -0.1) is 0 Å². The third kappa shape index (κ3) is 1.95. The van der Waals surface area contributed by atoms with Crippen molar-refractivity contribution >= 4 is 11.5 Å². The van der Waals surface area contributed by atoms with Crippen LogP contribution in [0.3, 0.4) is 0 Å². The van der Waals surface area contributed by atoms with Gasteiger partial charge in [0.1, 0.15) is 5.82 Å². The molecule has 1 N–H and O–H groups in total. The Hall–Kier alpha value is -2.36. The summed E-state index contributed by atoms with van der Waals surface area (Å²) < 4.78 is 1.77. The number of rotatable bonds is 3. The fourth-order valence-electron chi connectivity index (χ4n) is 2.51. The van der Waals surface area contributed by atoms with Crippen LogP contribution in [0.25, 0.3) is 5.65 Å². The van der Waals surface area contributed by atoms with Gasteiger partial charge < -0.3 is 5.32 Å². The summed E-state index contributed by atoms with van der Waals surface area (Å²) >= 11 is 0. The van der Waals surface area contributed by atoms with Crippen LogP contribution < -0.4 is 5.32 Å². The van der Waals surface area contributed by atoms with Crippen molar-refractivity contribution in [2.24, 2.45) is 0 Å². The number of anilines is 1. The van der Waals surface area contributed by atoms with Gasteiger partial charge in [-0.25, -0.2) is 9.50 Å². The molecule has 3 aromatic rings. The summed E-state index contributed by atoms with van der Waals surface area (Å²) in [6, 6.07) is 15.0. The largest absolute Gasteiger partial charge is 0.367 e. The molecule has 2 atom stereocenters. The van der Waals surface area contributed by atoms with E-state index in [1.54, 1.807) is 10.7 Å². The van der Waals surface area contributed by atoms with Crippen LogP contribution >= 0.6 is 0 Å². The molecular weight excluding hydrogens is 236 g/mol. The van der Waals surface area contributed by atoms with Crippen LogP contribution in [-0.2, 0) is 0 Å². The van der Waals surface area contributed by atoms with Crippen molar-refractivity contribution in [3.05, 3.63) is 60.4 Å². The zero-order chi connectivity index (χ0) is 12.7. The molecule has 0 amide bonds. The second-order valence-corrected chi connectivity index (χ2v) is 4.95. The van der Waals surface area contributed by atoms with Crippen LogP contribution in [0.2, 0.25) is 0 Å². The summed E-state index contributed by atoms with van der Waals surface area (Å²) in [6.07, 6.45) is 4.87. The topological polar surface area (TPSA) is 42.2 Å². The maximum Gasteiger partial charge on any atom is 0.157 e. The molecule has 2 aromatic heterocycles. The summed E-state index contributed by atoms with van der Waals surface area (Å²) in [5.41, 5.74) is 2.28. The molecule has 1 saturated carbocycles. The minimum Gasteiger partial charge on any atom is -0.367 e. The van der Waals surface area contributed by atoms with Crippen LogP contribution in [0.5, 0.6) is 0 Å². The molecule has 1 aliphatic rings. The van der Waals surface area contributed by atoms with E-state index in [9.17, 15) is 0 Å². The molecule has 1 fully saturated rings. The van der Waals surface area contributed by atoms with Crippen molar-refractivity contribution in [1.82, 2.24) is 14.6 Å².